The molecule has 0 fully saturated rings. The third kappa shape index (κ3) is 3.78. The molecule has 0 aliphatic heterocycles. The largest absolute Gasteiger partial charge is 0.339 e. The minimum Gasteiger partial charge on any atom is -0.339 e. The molecule has 0 unspecified atom stereocenters. The summed E-state index contributed by atoms with van der Waals surface area (Å²) in [6.45, 7) is 0.624. The molecule has 0 spiro atoms. The van der Waals surface area contributed by atoms with Crippen molar-refractivity contribution in [3.05, 3.63) is 55.5 Å². The molecule has 0 N–H and O–H groups in total. The molecule has 0 aliphatic carbocycles. The van der Waals surface area contributed by atoms with Crippen molar-refractivity contribution >= 4 is 33.2 Å². The molecule has 6 heteroatoms. The Morgan fingerprint density at radius 1 is 1.47 bits per heavy atom. The van der Waals surface area contributed by atoms with Crippen LogP contribution in [0.3, 0.4) is 0 Å². The maximum atomic E-state index is 12.0. The monoisotopic (exact) mass is 340 g/mol. The summed E-state index contributed by atoms with van der Waals surface area (Å²) in [6, 6.07) is 6.84. The van der Waals surface area contributed by atoms with Crippen LogP contribution in [0.2, 0.25) is 0 Å². The molecule has 0 bridgehead atoms. The van der Waals surface area contributed by atoms with E-state index in [-0.39, 0.29) is 18.0 Å². The van der Waals surface area contributed by atoms with Crippen molar-refractivity contribution in [1.82, 2.24) is 9.47 Å². The average Bonchev–Trinajstić information content (AvgIpc) is 2.77. The van der Waals surface area contributed by atoms with Crippen LogP contribution in [0.5, 0.6) is 0 Å². The Morgan fingerprint density at radius 3 is 2.89 bits per heavy atom. The van der Waals surface area contributed by atoms with E-state index in [1.165, 1.54) is 10.6 Å². The molecule has 0 aromatic carbocycles. The van der Waals surface area contributed by atoms with E-state index in [0.29, 0.717) is 6.54 Å². The summed E-state index contributed by atoms with van der Waals surface area (Å²) in [4.78, 5) is 26.3. The van der Waals surface area contributed by atoms with Crippen LogP contribution in [0.4, 0.5) is 0 Å². The first kappa shape index (κ1) is 14.0. The van der Waals surface area contributed by atoms with Gasteiger partial charge in [0.25, 0.3) is 5.56 Å². The van der Waals surface area contributed by atoms with Crippen LogP contribution in [-0.2, 0) is 17.9 Å². The molecule has 2 rings (SSSR count). The summed E-state index contributed by atoms with van der Waals surface area (Å²) < 4.78 is 2.43. The predicted molar refractivity (Wildman–Crippen MR) is 79.2 cm³/mol. The van der Waals surface area contributed by atoms with Crippen LogP contribution in [0, 0.1) is 0 Å². The van der Waals surface area contributed by atoms with Gasteiger partial charge in [-0.25, -0.2) is 0 Å². The van der Waals surface area contributed by atoms with Gasteiger partial charge in [0.1, 0.15) is 6.54 Å². The number of carbonyl (C=O) groups excluding carboxylic acids is 1. The first-order valence-electron chi connectivity index (χ1n) is 5.68. The number of likely N-dealkylation sites (N-methyl/N-ethyl adjacent to an activating group) is 1. The molecule has 0 saturated heterocycles. The van der Waals surface area contributed by atoms with E-state index >= 15 is 0 Å². The number of amides is 1. The Balaban J connectivity index is 2.00. The maximum absolute atomic E-state index is 12.0. The highest BCUT2D eigenvalue weighted by Gasteiger charge is 2.11. The van der Waals surface area contributed by atoms with E-state index in [0.717, 1.165) is 9.35 Å². The van der Waals surface area contributed by atoms with Gasteiger partial charge in [0, 0.05) is 34.0 Å². The van der Waals surface area contributed by atoms with Crippen molar-refractivity contribution in [2.75, 3.05) is 7.05 Å². The quantitative estimate of drug-likeness (QED) is 0.857. The molecule has 0 saturated carbocycles. The van der Waals surface area contributed by atoms with Gasteiger partial charge >= 0.3 is 0 Å². The highest BCUT2D eigenvalue weighted by atomic mass is 79.9. The SMILES string of the molecule is CN(Cc1cc(Br)cs1)C(=O)Cn1ccccc1=O. The van der Waals surface area contributed by atoms with Gasteiger partial charge in [-0.1, -0.05) is 6.07 Å². The van der Waals surface area contributed by atoms with Gasteiger partial charge in [0.2, 0.25) is 5.91 Å². The first-order chi connectivity index (χ1) is 9.06. The van der Waals surface area contributed by atoms with Crippen molar-refractivity contribution in [3.8, 4) is 0 Å². The summed E-state index contributed by atoms with van der Waals surface area (Å²) in [7, 11) is 1.74. The standard InChI is InChI=1S/C13H13BrN2O2S/c1-15(7-11-6-10(14)9-19-11)13(18)8-16-5-3-2-4-12(16)17/h2-6,9H,7-8H2,1H3. The average molecular weight is 341 g/mol. The summed E-state index contributed by atoms with van der Waals surface area (Å²) in [5, 5.41) is 1.98. The third-order valence-corrected chi connectivity index (χ3v) is 4.33. The molecule has 4 nitrogen and oxygen atoms in total. The minimum atomic E-state index is -0.164. The highest BCUT2D eigenvalue weighted by molar-refractivity contribution is 9.10. The lowest BCUT2D eigenvalue weighted by atomic mass is 10.4. The number of nitrogens with zero attached hydrogens (tertiary/aromatic N) is 2. The zero-order chi connectivity index (χ0) is 13.8. The fourth-order valence-electron chi connectivity index (χ4n) is 1.62. The van der Waals surface area contributed by atoms with Crippen LogP contribution >= 0.6 is 27.3 Å². The highest BCUT2D eigenvalue weighted by Crippen LogP contribution is 2.20. The normalized spacial score (nSPS) is 10.4. The lowest BCUT2D eigenvalue weighted by Crippen LogP contribution is -2.32. The van der Waals surface area contributed by atoms with Gasteiger partial charge in [-0.2, -0.15) is 0 Å². The summed E-state index contributed by atoms with van der Waals surface area (Å²) >= 11 is 4.98. The molecule has 19 heavy (non-hydrogen) atoms. The number of hydrogen-bond donors (Lipinski definition) is 0. The van der Waals surface area contributed by atoms with Crippen molar-refractivity contribution in [2.24, 2.45) is 0 Å². The van der Waals surface area contributed by atoms with Crippen LogP contribution < -0.4 is 5.56 Å². The van der Waals surface area contributed by atoms with Crippen molar-refractivity contribution in [2.45, 2.75) is 13.1 Å². The maximum Gasteiger partial charge on any atom is 0.250 e. The Labute approximate surface area is 123 Å². The Kier molecular flexibility index (Phi) is 4.55. The number of aromatic nitrogens is 1. The van der Waals surface area contributed by atoms with E-state index in [9.17, 15) is 9.59 Å². The van der Waals surface area contributed by atoms with E-state index in [1.54, 1.807) is 41.6 Å². The zero-order valence-corrected chi connectivity index (χ0v) is 12.8. The molecule has 2 heterocycles. The molecular weight excluding hydrogens is 328 g/mol. The van der Waals surface area contributed by atoms with Gasteiger partial charge in [-0.3, -0.25) is 9.59 Å². The van der Waals surface area contributed by atoms with Gasteiger partial charge in [0.15, 0.2) is 0 Å². The molecule has 100 valence electrons. The van der Waals surface area contributed by atoms with Crippen LogP contribution in [0.15, 0.2) is 45.1 Å². The molecule has 1 amide bonds. The number of carbonyl (C=O) groups is 1. The molecule has 0 atom stereocenters. The fourth-order valence-corrected chi connectivity index (χ4v) is 3.12. The zero-order valence-electron chi connectivity index (χ0n) is 10.4. The Morgan fingerprint density at radius 2 is 2.26 bits per heavy atom. The van der Waals surface area contributed by atoms with Gasteiger partial charge in [0.05, 0.1) is 6.54 Å². The smallest absolute Gasteiger partial charge is 0.250 e. The lowest BCUT2D eigenvalue weighted by molar-refractivity contribution is -0.131. The summed E-state index contributed by atoms with van der Waals surface area (Å²) in [5.74, 6) is -0.0853. The topological polar surface area (TPSA) is 42.3 Å². The van der Waals surface area contributed by atoms with E-state index in [4.69, 9.17) is 0 Å². The van der Waals surface area contributed by atoms with Gasteiger partial charge < -0.3 is 9.47 Å². The summed E-state index contributed by atoms with van der Waals surface area (Å²) in [6.07, 6.45) is 1.62. The Hall–Kier alpha value is -1.40. The van der Waals surface area contributed by atoms with E-state index in [2.05, 4.69) is 15.9 Å². The van der Waals surface area contributed by atoms with Crippen molar-refractivity contribution in [1.29, 1.82) is 0 Å². The first-order valence-corrected chi connectivity index (χ1v) is 7.36. The lowest BCUT2D eigenvalue weighted by Gasteiger charge is -2.16. The number of hydrogen-bond acceptors (Lipinski definition) is 3. The third-order valence-electron chi connectivity index (χ3n) is 2.65. The molecule has 0 radical (unpaired) electrons. The number of halogens is 1. The Bertz CT molecular complexity index is 635. The summed E-state index contributed by atoms with van der Waals surface area (Å²) in [5.41, 5.74) is -0.164. The van der Waals surface area contributed by atoms with Crippen LogP contribution in [0.25, 0.3) is 0 Å². The molecule has 2 aromatic rings. The van der Waals surface area contributed by atoms with Crippen molar-refractivity contribution in [3.63, 3.8) is 0 Å². The number of rotatable bonds is 4. The molecular formula is C13H13BrN2O2S. The predicted octanol–water partition coefficient (Wildman–Crippen LogP) is 2.33. The van der Waals surface area contributed by atoms with Crippen molar-refractivity contribution < 1.29 is 4.79 Å². The van der Waals surface area contributed by atoms with Gasteiger partial charge in [-0.15, -0.1) is 11.3 Å². The van der Waals surface area contributed by atoms with Crippen LogP contribution in [-0.4, -0.2) is 22.4 Å². The number of pyridine rings is 1. The van der Waals surface area contributed by atoms with E-state index < -0.39 is 0 Å². The molecule has 0 aliphatic rings. The minimum absolute atomic E-state index is 0.0721. The fraction of sp³-hybridized carbons (Fsp3) is 0.231. The molecule has 2 aromatic heterocycles. The second-order valence-corrected chi connectivity index (χ2v) is 6.06. The second-order valence-electron chi connectivity index (χ2n) is 4.15. The second kappa shape index (κ2) is 6.16. The van der Waals surface area contributed by atoms with Gasteiger partial charge in [-0.05, 0) is 28.1 Å². The van der Waals surface area contributed by atoms with E-state index in [1.807, 2.05) is 11.4 Å². The van der Waals surface area contributed by atoms with Crippen LogP contribution in [0.1, 0.15) is 4.88 Å². The number of thiophene rings is 1.